The molecular formula is C14H10F3N3O. The lowest BCUT2D eigenvalue weighted by Crippen LogP contribution is -2.04. The summed E-state index contributed by atoms with van der Waals surface area (Å²) in [5, 5.41) is 3.67. The van der Waals surface area contributed by atoms with Crippen LogP contribution in [-0.4, -0.2) is 4.98 Å². The van der Waals surface area contributed by atoms with Crippen molar-refractivity contribution in [2.24, 2.45) is 0 Å². The number of aromatic nitrogens is 1. The number of nitrogens with two attached hydrogens (primary N) is 1. The first kappa shape index (κ1) is 13.3. The summed E-state index contributed by atoms with van der Waals surface area (Å²) in [6, 6.07) is 6.39. The molecule has 0 atom stereocenters. The molecule has 0 unspecified atom stereocenters. The molecule has 0 aliphatic rings. The number of nitrogens with one attached hydrogen (secondary N) is 1. The third-order valence-corrected chi connectivity index (χ3v) is 3.00. The van der Waals surface area contributed by atoms with E-state index in [9.17, 15) is 13.2 Å². The number of nitrogens with zero attached hydrogens (tertiary/aromatic N) is 1. The quantitative estimate of drug-likeness (QED) is 0.744. The van der Waals surface area contributed by atoms with Gasteiger partial charge in [0, 0.05) is 17.3 Å². The van der Waals surface area contributed by atoms with E-state index < -0.39 is 11.7 Å². The smallest absolute Gasteiger partial charge is 0.416 e. The Bertz CT molecular complexity index is 778. The van der Waals surface area contributed by atoms with Gasteiger partial charge in [-0.2, -0.15) is 13.2 Å². The van der Waals surface area contributed by atoms with E-state index in [1.165, 1.54) is 18.3 Å². The van der Waals surface area contributed by atoms with Crippen LogP contribution in [0, 0.1) is 0 Å². The Labute approximate surface area is 117 Å². The summed E-state index contributed by atoms with van der Waals surface area (Å²) in [7, 11) is 0. The number of anilines is 3. The largest absolute Gasteiger partial charge is 0.437 e. The molecule has 3 rings (SSSR count). The van der Waals surface area contributed by atoms with E-state index in [0.29, 0.717) is 22.3 Å². The van der Waals surface area contributed by atoms with Gasteiger partial charge in [-0.15, -0.1) is 0 Å². The molecule has 7 heteroatoms. The van der Waals surface area contributed by atoms with Crippen LogP contribution >= 0.6 is 0 Å². The maximum Gasteiger partial charge on any atom is 0.416 e. The van der Waals surface area contributed by atoms with Crippen molar-refractivity contribution in [3.63, 3.8) is 0 Å². The molecule has 108 valence electrons. The number of halogens is 3. The Balaban J connectivity index is 1.94. The van der Waals surface area contributed by atoms with Crippen LogP contribution in [0.25, 0.3) is 11.0 Å². The van der Waals surface area contributed by atoms with Crippen LogP contribution in [0.15, 0.2) is 47.1 Å². The number of furan rings is 1. The molecule has 2 heterocycles. The first-order valence-electron chi connectivity index (χ1n) is 6.01. The topological polar surface area (TPSA) is 64.1 Å². The van der Waals surface area contributed by atoms with Crippen LogP contribution in [0.4, 0.5) is 30.4 Å². The Kier molecular flexibility index (Phi) is 2.97. The normalized spacial score (nSPS) is 11.8. The zero-order valence-corrected chi connectivity index (χ0v) is 10.6. The highest BCUT2D eigenvalue weighted by atomic mass is 19.4. The van der Waals surface area contributed by atoms with Gasteiger partial charge in [0.05, 0.1) is 11.8 Å². The summed E-state index contributed by atoms with van der Waals surface area (Å²) in [6.07, 6.45) is -1.26. The highest BCUT2D eigenvalue weighted by molar-refractivity contribution is 5.97. The van der Waals surface area contributed by atoms with Crippen molar-refractivity contribution in [3.05, 3.63) is 48.3 Å². The standard InChI is InChI=1S/C14H10F3N3O/c15-14(16,17)8-1-3-9(4-2-8)20-12-10-5-6-19-7-11(10)21-13(12)18/h1-7,20H,18H2. The highest BCUT2D eigenvalue weighted by Gasteiger charge is 2.30. The lowest BCUT2D eigenvalue weighted by molar-refractivity contribution is -0.137. The number of fused-ring (bicyclic) bond motifs is 1. The van der Waals surface area contributed by atoms with Crippen molar-refractivity contribution in [3.8, 4) is 0 Å². The van der Waals surface area contributed by atoms with E-state index in [2.05, 4.69) is 10.3 Å². The maximum absolute atomic E-state index is 12.5. The SMILES string of the molecule is Nc1oc2cnccc2c1Nc1ccc(C(F)(F)F)cc1. The lowest BCUT2D eigenvalue weighted by Gasteiger charge is -2.09. The molecule has 21 heavy (non-hydrogen) atoms. The molecule has 0 radical (unpaired) electrons. The predicted octanol–water partition coefficient (Wildman–Crippen LogP) is 4.17. The molecule has 0 saturated carbocycles. The molecule has 0 fully saturated rings. The molecule has 0 aliphatic heterocycles. The van der Waals surface area contributed by atoms with Gasteiger partial charge in [-0.05, 0) is 30.3 Å². The highest BCUT2D eigenvalue weighted by Crippen LogP contribution is 2.35. The van der Waals surface area contributed by atoms with E-state index in [1.54, 1.807) is 12.3 Å². The molecule has 0 amide bonds. The van der Waals surface area contributed by atoms with Gasteiger partial charge in [0.15, 0.2) is 5.58 Å². The van der Waals surface area contributed by atoms with Crippen molar-refractivity contribution in [1.82, 2.24) is 4.98 Å². The fourth-order valence-electron chi connectivity index (χ4n) is 1.99. The summed E-state index contributed by atoms with van der Waals surface area (Å²) >= 11 is 0. The second-order valence-corrected chi connectivity index (χ2v) is 4.41. The molecule has 4 nitrogen and oxygen atoms in total. The van der Waals surface area contributed by atoms with Crippen molar-refractivity contribution < 1.29 is 17.6 Å². The molecule has 0 bridgehead atoms. The van der Waals surface area contributed by atoms with Crippen LogP contribution in [0.3, 0.4) is 0 Å². The maximum atomic E-state index is 12.5. The average molecular weight is 293 g/mol. The molecular weight excluding hydrogens is 283 g/mol. The predicted molar refractivity (Wildman–Crippen MR) is 73.1 cm³/mol. The third-order valence-electron chi connectivity index (χ3n) is 3.00. The van der Waals surface area contributed by atoms with Crippen molar-refractivity contribution >= 4 is 28.2 Å². The number of hydrogen-bond donors (Lipinski definition) is 2. The molecule has 2 aromatic heterocycles. The number of benzene rings is 1. The minimum atomic E-state index is -4.36. The van der Waals surface area contributed by atoms with Gasteiger partial charge >= 0.3 is 6.18 Å². The Hall–Kier alpha value is -2.70. The van der Waals surface area contributed by atoms with Crippen molar-refractivity contribution in [2.75, 3.05) is 11.1 Å². The van der Waals surface area contributed by atoms with Gasteiger partial charge in [0.1, 0.15) is 5.69 Å². The number of rotatable bonds is 2. The number of alkyl halides is 3. The molecule has 1 aromatic carbocycles. The van der Waals surface area contributed by atoms with Crippen LogP contribution in [0.2, 0.25) is 0 Å². The Morgan fingerprint density at radius 3 is 2.48 bits per heavy atom. The minimum Gasteiger partial charge on any atom is -0.437 e. The third kappa shape index (κ3) is 2.49. The van der Waals surface area contributed by atoms with Gasteiger partial charge in [-0.3, -0.25) is 4.98 Å². The van der Waals surface area contributed by atoms with E-state index in [1.807, 2.05) is 0 Å². The molecule has 3 N–H and O–H groups in total. The van der Waals surface area contributed by atoms with Gasteiger partial charge in [-0.25, -0.2) is 0 Å². The first-order valence-corrected chi connectivity index (χ1v) is 6.01. The van der Waals surface area contributed by atoms with E-state index in [-0.39, 0.29) is 5.88 Å². The summed E-state index contributed by atoms with van der Waals surface area (Å²) in [4.78, 5) is 3.91. The Morgan fingerprint density at radius 1 is 1.10 bits per heavy atom. The fourth-order valence-corrected chi connectivity index (χ4v) is 1.99. The summed E-state index contributed by atoms with van der Waals surface area (Å²) < 4.78 is 42.8. The number of pyridine rings is 1. The minimum absolute atomic E-state index is 0.151. The zero-order valence-electron chi connectivity index (χ0n) is 10.6. The summed E-state index contributed by atoms with van der Waals surface area (Å²) in [5.74, 6) is 0.151. The van der Waals surface area contributed by atoms with Crippen LogP contribution in [0.5, 0.6) is 0 Å². The number of nitrogen functional groups attached to an aromatic ring is 1. The van der Waals surface area contributed by atoms with E-state index in [4.69, 9.17) is 10.2 Å². The lowest BCUT2D eigenvalue weighted by atomic mass is 10.2. The average Bonchev–Trinajstić information content (AvgIpc) is 2.75. The Morgan fingerprint density at radius 2 is 1.81 bits per heavy atom. The van der Waals surface area contributed by atoms with E-state index in [0.717, 1.165) is 12.1 Å². The monoisotopic (exact) mass is 293 g/mol. The van der Waals surface area contributed by atoms with Crippen molar-refractivity contribution in [1.29, 1.82) is 0 Å². The molecule has 0 spiro atoms. The second-order valence-electron chi connectivity index (χ2n) is 4.41. The summed E-state index contributed by atoms with van der Waals surface area (Å²) in [5.41, 5.74) is 6.55. The fraction of sp³-hybridized carbons (Fsp3) is 0.0714. The van der Waals surface area contributed by atoms with Gasteiger partial charge in [0.25, 0.3) is 0 Å². The zero-order chi connectivity index (χ0) is 15.0. The van der Waals surface area contributed by atoms with E-state index >= 15 is 0 Å². The van der Waals surface area contributed by atoms with Crippen LogP contribution in [0.1, 0.15) is 5.56 Å². The summed E-state index contributed by atoms with van der Waals surface area (Å²) in [6.45, 7) is 0. The molecule has 0 saturated heterocycles. The van der Waals surface area contributed by atoms with Gasteiger partial charge in [-0.1, -0.05) is 0 Å². The van der Waals surface area contributed by atoms with Crippen LogP contribution < -0.4 is 11.1 Å². The van der Waals surface area contributed by atoms with Gasteiger partial charge < -0.3 is 15.5 Å². The second kappa shape index (κ2) is 4.69. The van der Waals surface area contributed by atoms with Crippen LogP contribution in [-0.2, 0) is 6.18 Å². The molecule has 0 aliphatic carbocycles. The van der Waals surface area contributed by atoms with Gasteiger partial charge in [0.2, 0.25) is 5.88 Å². The van der Waals surface area contributed by atoms with Crippen molar-refractivity contribution in [2.45, 2.75) is 6.18 Å². The molecule has 3 aromatic rings. The first-order chi connectivity index (χ1) is 9.95. The number of hydrogen-bond acceptors (Lipinski definition) is 4.